The molecule has 1 rings (SSSR count). The molecule has 0 aromatic heterocycles. The molecule has 1 N–H and O–H groups in total. The molecule has 1 aromatic carbocycles. The van der Waals surface area contributed by atoms with Gasteiger partial charge in [0.15, 0.2) is 0 Å². The molecular weight excluding hydrogens is 256 g/mol. The van der Waals surface area contributed by atoms with E-state index in [1.165, 1.54) is 0 Å². The van der Waals surface area contributed by atoms with Gasteiger partial charge in [0.25, 0.3) is 0 Å². The van der Waals surface area contributed by atoms with E-state index < -0.39 is 6.10 Å². The fourth-order valence-corrected chi connectivity index (χ4v) is 1.74. The van der Waals surface area contributed by atoms with Crippen LogP contribution in [0, 0.1) is 0 Å². The van der Waals surface area contributed by atoms with E-state index in [9.17, 15) is 5.11 Å². The summed E-state index contributed by atoms with van der Waals surface area (Å²) in [4.78, 5) is 0. The molecular formula is C13H19ClO4. The zero-order valence-corrected chi connectivity index (χ0v) is 11.4. The number of halogens is 1. The lowest BCUT2D eigenvalue weighted by Crippen LogP contribution is -2.08. The van der Waals surface area contributed by atoms with Gasteiger partial charge in [0.05, 0.1) is 26.4 Å². The number of hydrogen-bond acceptors (Lipinski definition) is 4. The van der Waals surface area contributed by atoms with Gasteiger partial charge in [0, 0.05) is 30.7 Å². The summed E-state index contributed by atoms with van der Waals surface area (Å²) in [5.74, 6) is 0.629. The third kappa shape index (κ3) is 4.82. The highest BCUT2D eigenvalue weighted by Gasteiger charge is 2.13. The Bertz CT molecular complexity index is 357. The van der Waals surface area contributed by atoms with Crippen molar-refractivity contribution < 1.29 is 19.3 Å². The molecule has 0 amide bonds. The molecule has 0 spiro atoms. The maximum Gasteiger partial charge on any atom is 0.124 e. The maximum absolute atomic E-state index is 10.1. The number of methoxy groups -OCH3 is 2. The predicted octanol–water partition coefficient (Wildman–Crippen LogP) is 2.44. The third-order valence-corrected chi connectivity index (χ3v) is 2.75. The second-order valence-corrected chi connectivity index (χ2v) is 4.23. The van der Waals surface area contributed by atoms with Crippen molar-refractivity contribution in [2.24, 2.45) is 0 Å². The molecule has 0 aliphatic carbocycles. The number of aliphatic hydroxyl groups is 1. The Labute approximate surface area is 112 Å². The van der Waals surface area contributed by atoms with Crippen LogP contribution in [-0.4, -0.2) is 39.1 Å². The van der Waals surface area contributed by atoms with Gasteiger partial charge in [0.2, 0.25) is 0 Å². The zero-order valence-electron chi connectivity index (χ0n) is 10.7. The number of rotatable bonds is 8. The Morgan fingerprint density at radius 2 is 2.00 bits per heavy atom. The molecule has 0 saturated heterocycles. The number of aliphatic hydroxyl groups excluding tert-OH is 1. The van der Waals surface area contributed by atoms with E-state index in [-0.39, 0.29) is 0 Å². The molecule has 0 aliphatic heterocycles. The van der Waals surface area contributed by atoms with Crippen molar-refractivity contribution in [3.8, 4) is 5.75 Å². The van der Waals surface area contributed by atoms with Crippen LogP contribution in [0.15, 0.2) is 18.2 Å². The van der Waals surface area contributed by atoms with Crippen LogP contribution in [0.1, 0.15) is 18.1 Å². The SMILES string of the molecule is COCCOCCC(O)c1cc(Cl)ccc1OC. The molecule has 1 unspecified atom stereocenters. The molecule has 0 fully saturated rings. The van der Waals surface area contributed by atoms with Gasteiger partial charge < -0.3 is 19.3 Å². The van der Waals surface area contributed by atoms with E-state index in [2.05, 4.69) is 0 Å². The molecule has 0 heterocycles. The summed E-state index contributed by atoms with van der Waals surface area (Å²) >= 11 is 5.91. The summed E-state index contributed by atoms with van der Waals surface area (Å²) in [6, 6.07) is 5.18. The van der Waals surface area contributed by atoms with Crippen molar-refractivity contribution in [1.82, 2.24) is 0 Å². The lowest BCUT2D eigenvalue weighted by atomic mass is 10.1. The first kappa shape index (κ1) is 15.2. The first-order valence-electron chi connectivity index (χ1n) is 5.77. The summed E-state index contributed by atoms with van der Waals surface area (Å²) in [7, 11) is 3.18. The Balaban J connectivity index is 2.49. The molecule has 1 aromatic rings. The maximum atomic E-state index is 10.1. The fourth-order valence-electron chi connectivity index (χ4n) is 1.56. The van der Waals surface area contributed by atoms with Gasteiger partial charge in [-0.3, -0.25) is 0 Å². The molecule has 0 bridgehead atoms. The summed E-state index contributed by atoms with van der Waals surface area (Å²) in [5.41, 5.74) is 0.681. The van der Waals surface area contributed by atoms with Gasteiger partial charge in [-0.2, -0.15) is 0 Å². The fraction of sp³-hybridized carbons (Fsp3) is 0.538. The summed E-state index contributed by atoms with van der Waals surface area (Å²) in [6.45, 7) is 1.53. The van der Waals surface area contributed by atoms with Gasteiger partial charge >= 0.3 is 0 Å². The highest BCUT2D eigenvalue weighted by Crippen LogP contribution is 2.29. The van der Waals surface area contributed by atoms with Crippen LogP contribution < -0.4 is 4.74 Å². The average molecular weight is 275 g/mol. The van der Waals surface area contributed by atoms with Gasteiger partial charge in [-0.1, -0.05) is 11.6 Å². The monoisotopic (exact) mass is 274 g/mol. The van der Waals surface area contributed by atoms with E-state index in [0.29, 0.717) is 42.6 Å². The summed E-state index contributed by atoms with van der Waals surface area (Å²) in [5, 5.41) is 10.6. The molecule has 0 saturated carbocycles. The Kier molecular flexibility index (Phi) is 7.05. The normalized spacial score (nSPS) is 12.4. The topological polar surface area (TPSA) is 47.9 Å². The van der Waals surface area contributed by atoms with Gasteiger partial charge in [-0.15, -0.1) is 0 Å². The van der Waals surface area contributed by atoms with E-state index in [4.69, 9.17) is 25.8 Å². The predicted molar refractivity (Wildman–Crippen MR) is 70.3 cm³/mol. The van der Waals surface area contributed by atoms with Crippen LogP contribution in [0.3, 0.4) is 0 Å². The van der Waals surface area contributed by atoms with E-state index in [1.807, 2.05) is 0 Å². The molecule has 102 valence electrons. The van der Waals surface area contributed by atoms with E-state index in [0.717, 1.165) is 0 Å². The third-order valence-electron chi connectivity index (χ3n) is 2.52. The zero-order chi connectivity index (χ0) is 13.4. The van der Waals surface area contributed by atoms with Crippen molar-refractivity contribution in [2.45, 2.75) is 12.5 Å². The second kappa shape index (κ2) is 8.32. The summed E-state index contributed by atoms with van der Waals surface area (Å²) in [6.07, 6.45) is -0.165. The highest BCUT2D eigenvalue weighted by molar-refractivity contribution is 6.30. The van der Waals surface area contributed by atoms with Gasteiger partial charge in [-0.25, -0.2) is 0 Å². The molecule has 0 radical (unpaired) electrons. The Morgan fingerprint density at radius 3 is 2.67 bits per heavy atom. The van der Waals surface area contributed by atoms with Crippen LogP contribution in [0.2, 0.25) is 5.02 Å². The largest absolute Gasteiger partial charge is 0.496 e. The van der Waals surface area contributed by atoms with Crippen molar-refractivity contribution in [3.63, 3.8) is 0 Å². The highest BCUT2D eigenvalue weighted by atomic mass is 35.5. The van der Waals surface area contributed by atoms with Crippen LogP contribution in [-0.2, 0) is 9.47 Å². The smallest absolute Gasteiger partial charge is 0.124 e. The van der Waals surface area contributed by atoms with Gasteiger partial charge in [-0.05, 0) is 18.2 Å². The van der Waals surface area contributed by atoms with E-state index in [1.54, 1.807) is 32.4 Å². The molecule has 4 nitrogen and oxygen atoms in total. The lowest BCUT2D eigenvalue weighted by Gasteiger charge is -2.15. The van der Waals surface area contributed by atoms with Gasteiger partial charge in [0.1, 0.15) is 5.75 Å². The molecule has 5 heteroatoms. The van der Waals surface area contributed by atoms with Crippen molar-refractivity contribution >= 4 is 11.6 Å². The van der Waals surface area contributed by atoms with Crippen LogP contribution in [0.4, 0.5) is 0 Å². The molecule has 18 heavy (non-hydrogen) atoms. The van der Waals surface area contributed by atoms with Crippen molar-refractivity contribution in [3.05, 3.63) is 28.8 Å². The Morgan fingerprint density at radius 1 is 1.22 bits per heavy atom. The molecule has 0 aliphatic rings. The standard InChI is InChI=1S/C13H19ClO4/c1-16-7-8-18-6-5-12(15)11-9-10(14)3-4-13(11)17-2/h3-4,9,12,15H,5-8H2,1-2H3. The number of ether oxygens (including phenoxy) is 3. The molecule has 1 atom stereocenters. The minimum Gasteiger partial charge on any atom is -0.496 e. The minimum absolute atomic E-state index is 0.459. The Hall–Kier alpha value is -0.810. The van der Waals surface area contributed by atoms with Crippen molar-refractivity contribution in [2.75, 3.05) is 34.0 Å². The van der Waals surface area contributed by atoms with Crippen LogP contribution >= 0.6 is 11.6 Å². The van der Waals surface area contributed by atoms with Crippen molar-refractivity contribution in [1.29, 1.82) is 0 Å². The number of benzene rings is 1. The lowest BCUT2D eigenvalue weighted by molar-refractivity contribution is 0.0471. The first-order chi connectivity index (χ1) is 8.69. The first-order valence-corrected chi connectivity index (χ1v) is 6.15. The average Bonchev–Trinajstić information content (AvgIpc) is 2.38. The second-order valence-electron chi connectivity index (χ2n) is 3.80. The van der Waals surface area contributed by atoms with E-state index >= 15 is 0 Å². The quantitative estimate of drug-likeness (QED) is 0.740. The van der Waals surface area contributed by atoms with Crippen LogP contribution in [0.5, 0.6) is 5.75 Å². The minimum atomic E-state index is -0.652. The number of hydrogen-bond donors (Lipinski definition) is 1. The summed E-state index contributed by atoms with van der Waals surface area (Å²) < 4.78 is 15.4. The van der Waals surface area contributed by atoms with Crippen LogP contribution in [0.25, 0.3) is 0 Å².